The second-order valence-electron chi connectivity index (χ2n) is 6.21. The smallest absolute Gasteiger partial charge is 0.333 e. The van der Waals surface area contributed by atoms with E-state index in [-0.39, 0.29) is 33.6 Å². The molecule has 3 heterocycles. The Kier molecular flexibility index (Phi) is 3.29. The molecule has 9 nitrogen and oxygen atoms in total. The predicted octanol–water partition coefficient (Wildman–Crippen LogP) is 0.0619. The van der Waals surface area contributed by atoms with Gasteiger partial charge in [-0.2, -0.15) is 5.26 Å². The highest BCUT2D eigenvalue weighted by Gasteiger charge is 2.59. The van der Waals surface area contributed by atoms with Gasteiger partial charge < -0.3 is 15.8 Å². The van der Waals surface area contributed by atoms with Crippen molar-refractivity contribution in [1.29, 1.82) is 5.26 Å². The molecule has 1 unspecified atom stereocenters. The zero-order valence-electron chi connectivity index (χ0n) is 14.2. The highest BCUT2D eigenvalue weighted by Crippen LogP contribution is 2.52. The molecule has 1 amide bonds. The molecule has 4 rings (SSSR count). The third-order valence-corrected chi connectivity index (χ3v) is 5.24. The number of ether oxygens (including phenoxy) is 1. The van der Waals surface area contributed by atoms with Gasteiger partial charge in [-0.25, -0.2) is 4.79 Å². The number of carbonyl (C=O) groups is 1. The molecule has 0 saturated carbocycles. The summed E-state index contributed by atoms with van der Waals surface area (Å²) in [5.41, 5.74) is 2.77. The van der Waals surface area contributed by atoms with Crippen LogP contribution >= 0.6 is 11.6 Å². The third kappa shape index (κ3) is 1.80. The summed E-state index contributed by atoms with van der Waals surface area (Å²) in [5.74, 6) is -1.23. The Balaban J connectivity index is 2.30. The summed E-state index contributed by atoms with van der Waals surface area (Å²) in [6.07, 6.45) is 0. The van der Waals surface area contributed by atoms with Crippen LogP contribution in [0.5, 0.6) is 5.88 Å². The summed E-state index contributed by atoms with van der Waals surface area (Å²) < 4.78 is 7.34. The molecule has 0 saturated heterocycles. The molecule has 0 fully saturated rings. The zero-order valence-corrected chi connectivity index (χ0v) is 14.9. The van der Waals surface area contributed by atoms with Crippen molar-refractivity contribution in [3.8, 4) is 11.9 Å². The third-order valence-electron chi connectivity index (χ3n) is 4.92. The molecule has 10 heteroatoms. The molecule has 3 N–H and O–H groups in total. The minimum atomic E-state index is -1.87. The van der Waals surface area contributed by atoms with E-state index in [2.05, 4.69) is 5.32 Å². The first kappa shape index (κ1) is 16.9. The van der Waals surface area contributed by atoms with Crippen LogP contribution in [0.25, 0.3) is 0 Å². The molecule has 0 radical (unpaired) electrons. The number of para-hydroxylation sites is 1. The van der Waals surface area contributed by atoms with Gasteiger partial charge in [0, 0.05) is 19.7 Å². The van der Waals surface area contributed by atoms with Crippen molar-refractivity contribution in [2.24, 2.45) is 19.8 Å². The summed E-state index contributed by atoms with van der Waals surface area (Å²) in [7, 11) is 2.66. The summed E-state index contributed by atoms with van der Waals surface area (Å²) >= 11 is 6.20. The van der Waals surface area contributed by atoms with Gasteiger partial charge in [0.15, 0.2) is 5.41 Å². The largest absolute Gasteiger partial charge is 0.423 e. The number of nitrogens with one attached hydrogen (secondary N) is 1. The highest BCUT2D eigenvalue weighted by atomic mass is 35.5. The summed E-state index contributed by atoms with van der Waals surface area (Å²) in [5, 5.41) is 12.6. The number of benzene rings is 1. The number of fused-ring (bicyclic) bond motifs is 4. The van der Waals surface area contributed by atoms with Crippen molar-refractivity contribution in [3.05, 3.63) is 66.6 Å². The average molecular weight is 386 g/mol. The maximum atomic E-state index is 13.2. The molecule has 27 heavy (non-hydrogen) atoms. The summed E-state index contributed by atoms with van der Waals surface area (Å²) in [4.78, 5) is 38.5. The van der Waals surface area contributed by atoms with Crippen molar-refractivity contribution in [2.45, 2.75) is 5.41 Å². The molecule has 0 bridgehead atoms. The Morgan fingerprint density at radius 2 is 1.96 bits per heavy atom. The fraction of sp³-hybridized carbons (Fsp3) is 0.176. The van der Waals surface area contributed by atoms with Gasteiger partial charge in [0.2, 0.25) is 17.7 Å². The molecule has 1 spiro atoms. The number of nitrogens with zero attached hydrogens (tertiary/aromatic N) is 3. The fourth-order valence-electron chi connectivity index (χ4n) is 3.66. The van der Waals surface area contributed by atoms with Gasteiger partial charge in [-0.1, -0.05) is 23.7 Å². The summed E-state index contributed by atoms with van der Waals surface area (Å²) in [6, 6.07) is 6.62. The van der Waals surface area contributed by atoms with E-state index in [1.807, 2.05) is 6.07 Å². The number of nitriles is 1. The standard InChI is InChI=1S/C17H12ClN5O4/c1-22-13(24)10-14(23(2)16(22)26)27-12(20)8(6-19)17(10)7-4-3-5-9(18)11(7)21-15(17)25/h3-5H,20H2,1-2H3,(H,21,25). The van der Waals surface area contributed by atoms with Crippen molar-refractivity contribution < 1.29 is 9.53 Å². The number of rotatable bonds is 0. The molecular formula is C17H12ClN5O4. The van der Waals surface area contributed by atoms with Gasteiger partial charge in [-0.3, -0.25) is 18.7 Å². The normalized spacial score (nSPS) is 20.0. The first-order chi connectivity index (χ1) is 12.8. The van der Waals surface area contributed by atoms with Crippen LogP contribution in [-0.2, 0) is 24.3 Å². The monoisotopic (exact) mass is 385 g/mol. The van der Waals surface area contributed by atoms with E-state index in [0.29, 0.717) is 5.56 Å². The predicted molar refractivity (Wildman–Crippen MR) is 95.2 cm³/mol. The van der Waals surface area contributed by atoms with E-state index in [0.717, 1.165) is 9.13 Å². The van der Waals surface area contributed by atoms with Crippen LogP contribution in [-0.4, -0.2) is 15.0 Å². The van der Waals surface area contributed by atoms with E-state index in [1.54, 1.807) is 18.2 Å². The molecule has 2 aliphatic rings. The van der Waals surface area contributed by atoms with E-state index < -0.39 is 22.6 Å². The first-order valence-electron chi connectivity index (χ1n) is 7.75. The van der Waals surface area contributed by atoms with Gasteiger partial charge in [-0.15, -0.1) is 0 Å². The second-order valence-corrected chi connectivity index (χ2v) is 6.61. The SMILES string of the molecule is Cn1c2c(c(=O)n(C)c1=O)C1(C(=O)Nc3c(Cl)cccc31)C(C#N)=C(N)O2. The fourth-order valence-corrected chi connectivity index (χ4v) is 3.88. The van der Waals surface area contributed by atoms with E-state index in [1.165, 1.54) is 14.1 Å². The number of halogens is 1. The number of nitrogens with two attached hydrogens (primary N) is 1. The lowest BCUT2D eigenvalue weighted by Gasteiger charge is -2.33. The molecule has 1 aromatic heterocycles. The van der Waals surface area contributed by atoms with Crippen LogP contribution in [0.15, 0.2) is 39.2 Å². The van der Waals surface area contributed by atoms with Gasteiger partial charge in [0.1, 0.15) is 17.2 Å². The Labute approximate surface area is 156 Å². The Morgan fingerprint density at radius 3 is 2.63 bits per heavy atom. The Hall–Kier alpha value is -3.51. The zero-order chi connectivity index (χ0) is 19.7. The number of anilines is 1. The highest BCUT2D eigenvalue weighted by molar-refractivity contribution is 6.35. The topological polar surface area (TPSA) is 132 Å². The molecule has 136 valence electrons. The molecule has 1 aromatic carbocycles. The van der Waals surface area contributed by atoms with Crippen LogP contribution in [0, 0.1) is 11.3 Å². The van der Waals surface area contributed by atoms with Crippen LogP contribution in [0.2, 0.25) is 5.02 Å². The van der Waals surface area contributed by atoms with Crippen molar-refractivity contribution >= 4 is 23.2 Å². The van der Waals surface area contributed by atoms with Crippen LogP contribution in [0.3, 0.4) is 0 Å². The van der Waals surface area contributed by atoms with Crippen LogP contribution < -0.4 is 27.0 Å². The maximum Gasteiger partial charge on any atom is 0.333 e. The van der Waals surface area contributed by atoms with Gasteiger partial charge >= 0.3 is 5.69 Å². The quantitative estimate of drug-likeness (QED) is 0.659. The lowest BCUT2D eigenvalue weighted by Crippen LogP contribution is -2.51. The molecular weight excluding hydrogens is 374 g/mol. The lowest BCUT2D eigenvalue weighted by molar-refractivity contribution is -0.118. The average Bonchev–Trinajstić information content (AvgIpc) is 2.92. The number of hydrogen-bond donors (Lipinski definition) is 2. The maximum absolute atomic E-state index is 13.2. The van der Waals surface area contributed by atoms with Crippen LogP contribution in [0.1, 0.15) is 11.1 Å². The lowest BCUT2D eigenvalue weighted by atomic mass is 9.69. The minimum absolute atomic E-state index is 0.170. The van der Waals surface area contributed by atoms with Crippen molar-refractivity contribution in [3.63, 3.8) is 0 Å². The van der Waals surface area contributed by atoms with Crippen LogP contribution in [0.4, 0.5) is 5.69 Å². The molecule has 2 aliphatic heterocycles. The minimum Gasteiger partial charge on any atom is -0.423 e. The van der Waals surface area contributed by atoms with Crippen molar-refractivity contribution in [1.82, 2.24) is 9.13 Å². The van der Waals surface area contributed by atoms with Gasteiger partial charge in [-0.05, 0) is 6.07 Å². The van der Waals surface area contributed by atoms with E-state index >= 15 is 0 Å². The Bertz CT molecular complexity index is 1250. The van der Waals surface area contributed by atoms with E-state index in [9.17, 15) is 19.6 Å². The second kappa shape index (κ2) is 5.25. The number of carbonyl (C=O) groups excluding carboxylic acids is 1. The van der Waals surface area contributed by atoms with Gasteiger partial charge in [0.05, 0.1) is 10.7 Å². The summed E-state index contributed by atoms with van der Waals surface area (Å²) in [6.45, 7) is 0. The Morgan fingerprint density at radius 1 is 1.26 bits per heavy atom. The van der Waals surface area contributed by atoms with Crippen molar-refractivity contribution in [2.75, 3.05) is 5.32 Å². The number of amides is 1. The number of aromatic nitrogens is 2. The first-order valence-corrected chi connectivity index (χ1v) is 8.13. The molecule has 0 aliphatic carbocycles. The molecule has 2 aromatic rings. The number of hydrogen-bond acceptors (Lipinski definition) is 6. The van der Waals surface area contributed by atoms with Gasteiger partial charge in [0.25, 0.3) is 5.56 Å². The van der Waals surface area contributed by atoms with E-state index in [4.69, 9.17) is 22.1 Å². The molecule has 1 atom stereocenters.